The molecular weight excluding hydrogens is 637 g/mol. The summed E-state index contributed by atoms with van der Waals surface area (Å²) in [5.41, 5.74) is 10.6. The fraction of sp³-hybridized carbons (Fsp3) is 0. The van der Waals surface area contributed by atoms with Crippen molar-refractivity contribution >= 4 is 65.4 Å². The summed E-state index contributed by atoms with van der Waals surface area (Å²) < 4.78 is 4.38. The summed E-state index contributed by atoms with van der Waals surface area (Å²) in [7, 11) is 0. The maximum absolute atomic E-state index is 5.13. The van der Waals surface area contributed by atoms with Crippen LogP contribution in [-0.2, 0) is 0 Å². The number of para-hydroxylation sites is 2. The quantitative estimate of drug-likeness (QED) is 0.188. The molecule has 6 nitrogen and oxygen atoms in total. The van der Waals surface area contributed by atoms with E-state index in [-0.39, 0.29) is 0 Å². The van der Waals surface area contributed by atoms with Gasteiger partial charge in [0.1, 0.15) is 0 Å². The van der Waals surface area contributed by atoms with Gasteiger partial charge in [0.25, 0.3) is 0 Å². The zero-order valence-corrected chi connectivity index (χ0v) is 27.8. The highest BCUT2D eigenvalue weighted by Crippen LogP contribution is 2.42. The van der Waals surface area contributed by atoms with E-state index in [2.05, 4.69) is 155 Å². The van der Waals surface area contributed by atoms with Crippen LogP contribution < -0.4 is 0 Å². The van der Waals surface area contributed by atoms with E-state index in [1.165, 1.54) is 11.1 Å². The van der Waals surface area contributed by atoms with E-state index >= 15 is 0 Å². The molecule has 0 N–H and O–H groups in total. The van der Waals surface area contributed by atoms with Crippen molar-refractivity contribution in [1.29, 1.82) is 0 Å². The molecule has 52 heavy (non-hydrogen) atoms. The highest BCUT2D eigenvalue weighted by Gasteiger charge is 2.22. The molecule has 4 aromatic heterocycles. The third-order valence-corrected chi connectivity index (χ3v) is 10.2. The number of aromatic nitrogens is 6. The van der Waals surface area contributed by atoms with Crippen molar-refractivity contribution in [1.82, 2.24) is 29.1 Å². The van der Waals surface area contributed by atoms with Crippen LogP contribution in [0.4, 0.5) is 0 Å². The molecule has 0 amide bonds. The Labute approximate surface area is 297 Å². The zero-order valence-electron chi connectivity index (χ0n) is 27.8. The first kappa shape index (κ1) is 28.6. The summed E-state index contributed by atoms with van der Waals surface area (Å²) >= 11 is 0. The summed E-state index contributed by atoms with van der Waals surface area (Å²) in [5.74, 6) is 1.28. The van der Waals surface area contributed by atoms with E-state index in [0.717, 1.165) is 76.5 Å². The third kappa shape index (κ3) is 4.31. The first-order valence-electron chi connectivity index (χ1n) is 17.4. The Morgan fingerprint density at radius 1 is 0.346 bits per heavy atom. The molecule has 0 saturated carbocycles. The van der Waals surface area contributed by atoms with Gasteiger partial charge < -0.3 is 0 Å². The lowest BCUT2D eigenvalue weighted by molar-refractivity contribution is 1.01. The van der Waals surface area contributed by atoms with Crippen molar-refractivity contribution in [2.75, 3.05) is 0 Å². The molecule has 4 heterocycles. The van der Waals surface area contributed by atoms with Crippen molar-refractivity contribution in [3.05, 3.63) is 170 Å². The minimum atomic E-state index is 0.641. The van der Waals surface area contributed by atoms with Gasteiger partial charge in [-0.2, -0.15) is 0 Å². The largest absolute Gasteiger partial charge is 0.278 e. The molecule has 0 radical (unpaired) electrons. The molecule has 0 unspecified atom stereocenters. The van der Waals surface area contributed by atoms with Gasteiger partial charge in [0.05, 0.1) is 33.1 Å². The van der Waals surface area contributed by atoms with Gasteiger partial charge in [-0.05, 0) is 70.8 Å². The Hall–Kier alpha value is -7.18. The Bertz CT molecular complexity index is 2960. The number of fused-ring (bicyclic) bond motifs is 9. The first-order chi connectivity index (χ1) is 25.8. The lowest BCUT2D eigenvalue weighted by Gasteiger charge is -2.09. The predicted octanol–water partition coefficient (Wildman–Crippen LogP) is 11.1. The fourth-order valence-corrected chi connectivity index (χ4v) is 7.83. The molecular formula is C46H28N6. The van der Waals surface area contributed by atoms with Crippen LogP contribution >= 0.6 is 0 Å². The van der Waals surface area contributed by atoms with Gasteiger partial charge in [-0.15, -0.1) is 0 Å². The number of benzene rings is 7. The Morgan fingerprint density at radius 3 is 1.23 bits per heavy atom. The monoisotopic (exact) mass is 664 g/mol. The van der Waals surface area contributed by atoms with E-state index < -0.39 is 0 Å². The molecule has 0 aliphatic carbocycles. The molecule has 0 bridgehead atoms. The number of hydrogen-bond acceptors (Lipinski definition) is 4. The van der Waals surface area contributed by atoms with Gasteiger partial charge >= 0.3 is 0 Å². The maximum Gasteiger partial charge on any atom is 0.235 e. The van der Waals surface area contributed by atoms with E-state index in [1.807, 2.05) is 24.5 Å². The van der Waals surface area contributed by atoms with E-state index in [0.29, 0.717) is 11.9 Å². The number of rotatable bonds is 4. The van der Waals surface area contributed by atoms with Gasteiger partial charge in [0.2, 0.25) is 11.9 Å². The van der Waals surface area contributed by atoms with E-state index in [4.69, 9.17) is 19.9 Å². The summed E-state index contributed by atoms with van der Waals surface area (Å²) in [4.78, 5) is 20.2. The zero-order chi connectivity index (χ0) is 34.2. The van der Waals surface area contributed by atoms with E-state index in [1.54, 1.807) is 0 Å². The van der Waals surface area contributed by atoms with Crippen LogP contribution in [0.1, 0.15) is 0 Å². The van der Waals surface area contributed by atoms with E-state index in [9.17, 15) is 0 Å². The average molecular weight is 665 g/mol. The lowest BCUT2D eigenvalue weighted by Crippen LogP contribution is -2.02. The van der Waals surface area contributed by atoms with Gasteiger partial charge in [0.15, 0.2) is 0 Å². The van der Waals surface area contributed by atoms with Crippen LogP contribution in [0, 0.1) is 0 Å². The average Bonchev–Trinajstić information content (AvgIpc) is 3.73. The SMILES string of the molecule is c1ccc(-c2ccc3nc(-n4c5ccccc5c5c6c7ccccc7n(-c7ncc8cc(-c9ccccc9)ccc8n7)c6ccc54)ncc3c2)cc1. The molecule has 7 aromatic carbocycles. The molecule has 11 aromatic rings. The van der Waals surface area contributed by atoms with Crippen LogP contribution in [0.3, 0.4) is 0 Å². The molecule has 0 atom stereocenters. The number of nitrogens with zero attached hydrogens (tertiary/aromatic N) is 6. The first-order valence-corrected chi connectivity index (χ1v) is 17.4. The lowest BCUT2D eigenvalue weighted by atomic mass is 10.0. The van der Waals surface area contributed by atoms with Crippen molar-refractivity contribution in [2.24, 2.45) is 0 Å². The summed E-state index contributed by atoms with van der Waals surface area (Å²) in [6.07, 6.45) is 3.88. The number of hydrogen-bond donors (Lipinski definition) is 0. The third-order valence-electron chi connectivity index (χ3n) is 10.2. The van der Waals surface area contributed by atoms with Crippen LogP contribution in [-0.4, -0.2) is 29.1 Å². The van der Waals surface area contributed by atoms with Gasteiger partial charge in [-0.1, -0.05) is 109 Å². The van der Waals surface area contributed by atoms with Crippen molar-refractivity contribution in [3.63, 3.8) is 0 Å². The highest BCUT2D eigenvalue weighted by molar-refractivity contribution is 6.28. The summed E-state index contributed by atoms with van der Waals surface area (Å²) in [6, 6.07) is 55.0. The van der Waals surface area contributed by atoms with Gasteiger partial charge in [-0.3, -0.25) is 9.13 Å². The predicted molar refractivity (Wildman–Crippen MR) is 212 cm³/mol. The fourth-order valence-electron chi connectivity index (χ4n) is 7.83. The van der Waals surface area contributed by atoms with Crippen molar-refractivity contribution in [2.45, 2.75) is 0 Å². The second-order valence-electron chi connectivity index (χ2n) is 13.2. The molecule has 6 heteroatoms. The maximum atomic E-state index is 5.13. The molecule has 0 fully saturated rings. The van der Waals surface area contributed by atoms with Crippen molar-refractivity contribution in [3.8, 4) is 34.2 Å². The molecule has 0 spiro atoms. The normalized spacial score (nSPS) is 11.8. The Kier molecular flexibility index (Phi) is 6.15. The van der Waals surface area contributed by atoms with Crippen molar-refractivity contribution < 1.29 is 0 Å². The smallest absolute Gasteiger partial charge is 0.235 e. The van der Waals surface area contributed by atoms with Crippen LogP contribution in [0.25, 0.3) is 99.6 Å². The van der Waals surface area contributed by atoms with Crippen LogP contribution in [0.5, 0.6) is 0 Å². The summed E-state index contributed by atoms with van der Waals surface area (Å²) in [5, 5.41) is 6.59. The minimum absolute atomic E-state index is 0.641. The van der Waals surface area contributed by atoms with Crippen LogP contribution in [0.2, 0.25) is 0 Å². The molecule has 0 aliphatic heterocycles. The molecule has 0 aliphatic rings. The topological polar surface area (TPSA) is 61.4 Å². The van der Waals surface area contributed by atoms with Crippen LogP contribution in [0.15, 0.2) is 170 Å². The molecule has 11 rings (SSSR count). The minimum Gasteiger partial charge on any atom is -0.278 e. The Morgan fingerprint density at radius 2 is 0.769 bits per heavy atom. The second-order valence-corrected chi connectivity index (χ2v) is 13.2. The second kappa shape index (κ2) is 11.2. The van der Waals surface area contributed by atoms with Gasteiger partial charge in [-0.25, -0.2) is 19.9 Å². The molecule has 242 valence electrons. The Balaban J connectivity index is 1.12. The standard InChI is InChI=1S/C46H28N6/c1-3-11-29(12-4-1)31-19-21-37-33(25-31)27-47-45(49-37)51-39-17-9-7-15-35(39)43-41(51)23-24-42-44(43)36-16-8-10-18-40(36)52(42)46-48-28-34-26-32(20-22-38(34)50-46)30-13-5-2-6-14-30/h1-28H. The summed E-state index contributed by atoms with van der Waals surface area (Å²) in [6.45, 7) is 0. The highest BCUT2D eigenvalue weighted by atomic mass is 15.2. The molecule has 0 saturated heterocycles. The van der Waals surface area contributed by atoms with Gasteiger partial charge in [0, 0.05) is 44.7 Å².